The number of hydrogen-bond donors (Lipinski definition) is 2. The maximum atomic E-state index is 12.6. The van der Waals surface area contributed by atoms with Crippen molar-refractivity contribution in [1.29, 1.82) is 0 Å². The van der Waals surface area contributed by atoms with Crippen LogP contribution in [0.4, 0.5) is 0 Å². The fourth-order valence-corrected chi connectivity index (χ4v) is 2.70. The molecule has 0 radical (unpaired) electrons. The number of hydrogen-bond acceptors (Lipinski definition) is 4. The second-order valence-corrected chi connectivity index (χ2v) is 5.36. The highest BCUT2D eigenvalue weighted by Crippen LogP contribution is 2.34. The zero-order valence-electron chi connectivity index (χ0n) is 13.7. The fraction of sp³-hybridized carbons (Fsp3) is 0.222. The molecule has 2 N–H and O–H groups in total. The van der Waals surface area contributed by atoms with E-state index in [1.807, 2.05) is 30.3 Å². The average molecular weight is 364 g/mol. The third kappa shape index (κ3) is 4.88. The van der Waals surface area contributed by atoms with Gasteiger partial charge in [-0.3, -0.25) is 4.79 Å². The second kappa shape index (κ2) is 10.2. The Morgan fingerprint density at radius 3 is 2.46 bits per heavy atom. The highest BCUT2D eigenvalue weighted by molar-refractivity contribution is 7.19. The summed E-state index contributed by atoms with van der Waals surface area (Å²) in [6.07, 6.45) is 1.07. The van der Waals surface area contributed by atoms with Gasteiger partial charge in [-0.25, -0.2) is 0 Å². The van der Waals surface area contributed by atoms with Crippen LogP contribution in [0.25, 0.3) is 0 Å². The summed E-state index contributed by atoms with van der Waals surface area (Å²) >= 11 is 0. The van der Waals surface area contributed by atoms with Crippen LogP contribution in [0.3, 0.4) is 0 Å². The Balaban J connectivity index is 0.00000139. The van der Waals surface area contributed by atoms with Crippen LogP contribution in [0.2, 0.25) is 0 Å². The van der Waals surface area contributed by atoms with Crippen LogP contribution in [0.1, 0.15) is 33.5 Å². The van der Waals surface area contributed by atoms with Crippen LogP contribution in [0.5, 0.6) is 11.5 Å². The van der Waals surface area contributed by atoms with E-state index >= 15 is 0 Å². The van der Waals surface area contributed by atoms with Gasteiger partial charge in [0.25, 0.3) is 0 Å². The SMILES string of the molecule is COc1cc(C=P)c(C(=O)CCc2ccccc2)c(C)c1O.OP. The molecule has 0 bridgehead atoms. The molecule has 0 spiro atoms. The lowest BCUT2D eigenvalue weighted by Gasteiger charge is -2.14. The highest BCUT2D eigenvalue weighted by atomic mass is 31.0. The number of Topliss-reactive ketones (excluding diaryl/α,β-unsaturated/α-hetero) is 1. The summed E-state index contributed by atoms with van der Waals surface area (Å²) in [7, 11) is 6.24. The lowest BCUT2D eigenvalue weighted by molar-refractivity contribution is 0.0981. The van der Waals surface area contributed by atoms with Crippen molar-refractivity contribution in [3.63, 3.8) is 0 Å². The summed E-state index contributed by atoms with van der Waals surface area (Å²) in [5, 5.41) is 10.1. The summed E-state index contributed by atoms with van der Waals surface area (Å²) in [4.78, 5) is 19.5. The van der Waals surface area contributed by atoms with Crippen LogP contribution < -0.4 is 4.74 Å². The van der Waals surface area contributed by atoms with Crippen LogP contribution >= 0.6 is 18.3 Å². The standard InChI is InChI=1S/C18H19O3P.H3OP/c1-12-17(14(11-22)10-16(21-2)18(12)20)15(19)9-8-13-6-4-3-5-7-13;1-2/h3-7,10-11,20,22H,8-9H2,1-2H3;1H,2H2. The van der Waals surface area contributed by atoms with Crippen LogP contribution in [-0.4, -0.2) is 28.7 Å². The first kappa shape index (κ1) is 20.3. The zero-order valence-corrected chi connectivity index (χ0v) is 15.9. The van der Waals surface area contributed by atoms with Gasteiger partial charge in [-0.2, -0.15) is 0 Å². The summed E-state index contributed by atoms with van der Waals surface area (Å²) < 4.78 is 5.13. The molecular formula is C18H22O4P2. The molecule has 1 atom stereocenters. The minimum atomic E-state index is 0.00352. The van der Waals surface area contributed by atoms with Crippen molar-refractivity contribution >= 4 is 29.9 Å². The van der Waals surface area contributed by atoms with Crippen molar-refractivity contribution in [1.82, 2.24) is 0 Å². The molecule has 0 aliphatic carbocycles. The van der Waals surface area contributed by atoms with Gasteiger partial charge in [0, 0.05) is 17.5 Å². The number of methoxy groups -OCH3 is 1. The highest BCUT2D eigenvalue weighted by Gasteiger charge is 2.19. The molecular weight excluding hydrogens is 342 g/mol. The lowest BCUT2D eigenvalue weighted by atomic mass is 9.94. The minimum absolute atomic E-state index is 0.00352. The molecule has 2 aromatic carbocycles. The van der Waals surface area contributed by atoms with Gasteiger partial charge in [-0.1, -0.05) is 30.3 Å². The van der Waals surface area contributed by atoms with E-state index in [0.717, 1.165) is 5.56 Å². The lowest BCUT2D eigenvalue weighted by Crippen LogP contribution is -2.08. The maximum Gasteiger partial charge on any atom is 0.164 e. The maximum absolute atomic E-state index is 12.6. The normalized spacial score (nSPS) is 9.67. The predicted molar refractivity (Wildman–Crippen MR) is 104 cm³/mol. The molecule has 1 unspecified atom stereocenters. The number of phenolic OH excluding ortho intramolecular Hbond substituents is 1. The Kier molecular flexibility index (Phi) is 8.63. The van der Waals surface area contributed by atoms with Crippen LogP contribution in [0, 0.1) is 6.92 Å². The number of aryl methyl sites for hydroxylation is 1. The Morgan fingerprint density at radius 2 is 1.92 bits per heavy atom. The van der Waals surface area contributed by atoms with E-state index in [2.05, 4.69) is 8.86 Å². The third-order valence-electron chi connectivity index (χ3n) is 3.68. The molecule has 6 heteroatoms. The molecule has 0 aliphatic rings. The van der Waals surface area contributed by atoms with E-state index in [4.69, 9.17) is 9.63 Å². The summed E-state index contributed by atoms with van der Waals surface area (Å²) in [6, 6.07) is 11.5. The largest absolute Gasteiger partial charge is 0.504 e. The molecule has 2 aromatic rings. The van der Waals surface area contributed by atoms with Crippen molar-refractivity contribution in [2.24, 2.45) is 0 Å². The van der Waals surface area contributed by atoms with Crippen LogP contribution in [-0.2, 0) is 6.42 Å². The van der Waals surface area contributed by atoms with Gasteiger partial charge in [0.2, 0.25) is 0 Å². The van der Waals surface area contributed by atoms with Gasteiger partial charge in [-0.15, -0.1) is 8.86 Å². The average Bonchev–Trinajstić information content (AvgIpc) is 2.64. The molecule has 0 aliphatic heterocycles. The zero-order chi connectivity index (χ0) is 18.1. The van der Waals surface area contributed by atoms with Gasteiger partial charge >= 0.3 is 0 Å². The summed E-state index contributed by atoms with van der Waals surface area (Å²) in [6.45, 7) is 1.73. The smallest absolute Gasteiger partial charge is 0.164 e. The number of ketones is 1. The number of rotatable bonds is 6. The topological polar surface area (TPSA) is 66.8 Å². The van der Waals surface area contributed by atoms with Crippen molar-refractivity contribution in [3.8, 4) is 11.5 Å². The molecule has 128 valence electrons. The van der Waals surface area contributed by atoms with Gasteiger partial charge in [0.05, 0.1) is 7.11 Å². The Bertz CT molecular complexity index is 700. The fourth-order valence-electron chi connectivity index (χ4n) is 2.47. The van der Waals surface area contributed by atoms with E-state index < -0.39 is 0 Å². The minimum Gasteiger partial charge on any atom is -0.504 e. The van der Waals surface area contributed by atoms with E-state index in [1.54, 1.807) is 18.8 Å². The van der Waals surface area contributed by atoms with E-state index in [9.17, 15) is 9.90 Å². The van der Waals surface area contributed by atoms with Gasteiger partial charge in [0.15, 0.2) is 17.3 Å². The number of carbonyl (C=O) groups is 1. The van der Waals surface area contributed by atoms with Crippen molar-refractivity contribution in [3.05, 3.63) is 58.7 Å². The van der Waals surface area contributed by atoms with Crippen molar-refractivity contribution in [2.45, 2.75) is 19.8 Å². The molecule has 0 saturated carbocycles. The molecule has 4 nitrogen and oxygen atoms in total. The van der Waals surface area contributed by atoms with Crippen molar-refractivity contribution < 1.29 is 19.5 Å². The monoisotopic (exact) mass is 364 g/mol. The Morgan fingerprint density at radius 1 is 1.29 bits per heavy atom. The number of benzene rings is 2. The first-order valence-corrected chi connectivity index (χ1v) is 8.41. The first-order chi connectivity index (χ1) is 11.6. The first-order valence-electron chi connectivity index (χ1n) is 7.32. The summed E-state index contributed by atoms with van der Waals surface area (Å²) in [5.41, 5.74) is 2.91. The second-order valence-electron chi connectivity index (χ2n) is 5.07. The van der Waals surface area contributed by atoms with Crippen molar-refractivity contribution in [2.75, 3.05) is 7.11 Å². The quantitative estimate of drug-likeness (QED) is 0.607. The number of carbonyl (C=O) groups excluding carboxylic acids is 1. The van der Waals surface area contributed by atoms with Gasteiger partial charge < -0.3 is 14.7 Å². The number of phenols is 1. The molecule has 0 fully saturated rings. The molecule has 24 heavy (non-hydrogen) atoms. The Hall–Kier alpha value is -1.73. The molecule has 0 heterocycles. The van der Waals surface area contributed by atoms with E-state index in [-0.39, 0.29) is 11.5 Å². The van der Waals surface area contributed by atoms with Gasteiger partial charge in [-0.05, 0) is 45.8 Å². The van der Waals surface area contributed by atoms with E-state index in [0.29, 0.717) is 35.3 Å². The van der Waals surface area contributed by atoms with Crippen LogP contribution in [0.15, 0.2) is 36.4 Å². The molecule has 0 amide bonds. The predicted octanol–water partition coefficient (Wildman–Crippen LogP) is 3.59. The molecule has 0 aromatic heterocycles. The number of aromatic hydroxyl groups is 1. The molecule has 0 saturated heterocycles. The number of ether oxygens (including phenoxy) is 1. The summed E-state index contributed by atoms with van der Waals surface area (Å²) in [5.74, 6) is 2.05. The van der Waals surface area contributed by atoms with Gasteiger partial charge in [0.1, 0.15) is 0 Å². The van der Waals surface area contributed by atoms with E-state index in [1.165, 1.54) is 16.6 Å². The third-order valence-corrected chi connectivity index (χ3v) is 3.99. The Labute approximate surface area is 147 Å². The molecule has 2 rings (SSSR count).